The van der Waals surface area contributed by atoms with Gasteiger partial charge in [0.05, 0.1) is 11.9 Å². The molecule has 0 bridgehead atoms. The van der Waals surface area contributed by atoms with E-state index in [4.69, 9.17) is 10.7 Å². The van der Waals surface area contributed by atoms with Gasteiger partial charge in [0.25, 0.3) is 9.05 Å². The lowest BCUT2D eigenvalue weighted by Crippen LogP contribution is -2.05. The number of halogens is 2. The van der Waals surface area contributed by atoms with Crippen molar-refractivity contribution < 1.29 is 12.8 Å². The highest BCUT2D eigenvalue weighted by molar-refractivity contribution is 8.13. The Kier molecular flexibility index (Phi) is 2.92. The summed E-state index contributed by atoms with van der Waals surface area (Å²) >= 11 is 0. The Labute approximate surface area is 102 Å². The average Bonchev–Trinajstić information content (AvgIpc) is 2.70. The van der Waals surface area contributed by atoms with E-state index in [0.717, 1.165) is 4.68 Å². The standard InChI is InChI=1S/C10H8ClFN2O2S/c1-7-2-3-8(6-9(7)12)14-10(4-5-13-14)17(11,15)16/h2-6H,1H3. The van der Waals surface area contributed by atoms with E-state index in [1.165, 1.54) is 24.4 Å². The highest BCUT2D eigenvalue weighted by atomic mass is 35.7. The van der Waals surface area contributed by atoms with Crippen LogP contribution in [0.1, 0.15) is 5.56 Å². The van der Waals surface area contributed by atoms with Crippen molar-refractivity contribution in [1.82, 2.24) is 9.78 Å². The first-order valence-electron chi connectivity index (χ1n) is 4.65. The third-order valence-corrected chi connectivity index (χ3v) is 3.54. The maximum atomic E-state index is 13.4. The Hall–Kier alpha value is -1.40. The minimum Gasteiger partial charge on any atom is -0.221 e. The minimum absolute atomic E-state index is 0.192. The first-order chi connectivity index (χ1) is 7.89. The third-order valence-electron chi connectivity index (χ3n) is 2.26. The molecule has 7 heteroatoms. The topological polar surface area (TPSA) is 52.0 Å². The molecule has 0 unspecified atom stereocenters. The van der Waals surface area contributed by atoms with Crippen LogP contribution in [0, 0.1) is 12.7 Å². The molecule has 0 saturated heterocycles. The van der Waals surface area contributed by atoms with Crippen molar-refractivity contribution in [2.24, 2.45) is 0 Å². The number of hydrogen-bond donors (Lipinski definition) is 0. The van der Waals surface area contributed by atoms with E-state index in [1.807, 2.05) is 0 Å². The molecule has 17 heavy (non-hydrogen) atoms. The Morgan fingerprint density at radius 1 is 1.35 bits per heavy atom. The lowest BCUT2D eigenvalue weighted by molar-refractivity contribution is 0.596. The molecule has 1 heterocycles. The van der Waals surface area contributed by atoms with Crippen LogP contribution in [-0.4, -0.2) is 18.2 Å². The number of benzene rings is 1. The summed E-state index contributed by atoms with van der Waals surface area (Å²) in [6.45, 7) is 1.61. The Bertz CT molecular complexity index is 667. The van der Waals surface area contributed by atoms with Gasteiger partial charge in [-0.1, -0.05) is 6.07 Å². The van der Waals surface area contributed by atoms with Crippen molar-refractivity contribution in [3.8, 4) is 5.69 Å². The van der Waals surface area contributed by atoms with Gasteiger partial charge in [0.2, 0.25) is 0 Å². The minimum atomic E-state index is -3.91. The summed E-state index contributed by atoms with van der Waals surface area (Å²) in [7, 11) is 1.33. The summed E-state index contributed by atoms with van der Waals surface area (Å²) < 4.78 is 37.0. The fourth-order valence-corrected chi connectivity index (χ4v) is 2.32. The molecule has 90 valence electrons. The molecular weight excluding hydrogens is 267 g/mol. The van der Waals surface area contributed by atoms with Gasteiger partial charge < -0.3 is 0 Å². The SMILES string of the molecule is Cc1ccc(-n2nccc2S(=O)(=O)Cl)cc1F. The van der Waals surface area contributed by atoms with Gasteiger partial charge in [-0.15, -0.1) is 0 Å². The number of rotatable bonds is 2. The zero-order valence-electron chi connectivity index (χ0n) is 8.76. The fourth-order valence-electron chi connectivity index (χ4n) is 1.38. The van der Waals surface area contributed by atoms with Crippen molar-refractivity contribution in [2.75, 3.05) is 0 Å². The summed E-state index contributed by atoms with van der Waals surface area (Å²) in [4.78, 5) is 0. The number of nitrogens with zero attached hydrogens (tertiary/aromatic N) is 2. The normalized spacial score (nSPS) is 11.7. The summed E-state index contributed by atoms with van der Waals surface area (Å²) in [6.07, 6.45) is 1.28. The van der Waals surface area contributed by atoms with Crippen LogP contribution in [-0.2, 0) is 9.05 Å². The van der Waals surface area contributed by atoms with Gasteiger partial charge in [-0.3, -0.25) is 0 Å². The largest absolute Gasteiger partial charge is 0.278 e. The summed E-state index contributed by atoms with van der Waals surface area (Å²) in [6, 6.07) is 5.56. The maximum Gasteiger partial charge on any atom is 0.278 e. The van der Waals surface area contributed by atoms with Crippen molar-refractivity contribution >= 4 is 19.7 Å². The number of aryl methyl sites for hydroxylation is 1. The average molecular weight is 275 g/mol. The molecule has 0 spiro atoms. The predicted octanol–water partition coefficient (Wildman–Crippen LogP) is 2.25. The zero-order chi connectivity index (χ0) is 12.6. The Morgan fingerprint density at radius 3 is 2.65 bits per heavy atom. The molecular formula is C10H8ClFN2O2S. The molecule has 1 aromatic carbocycles. The van der Waals surface area contributed by atoms with Gasteiger partial charge in [0, 0.05) is 10.7 Å². The van der Waals surface area contributed by atoms with E-state index in [2.05, 4.69) is 5.10 Å². The molecule has 2 rings (SSSR count). The first-order valence-corrected chi connectivity index (χ1v) is 6.96. The van der Waals surface area contributed by atoms with E-state index >= 15 is 0 Å². The maximum absolute atomic E-state index is 13.4. The quantitative estimate of drug-likeness (QED) is 0.789. The second kappa shape index (κ2) is 4.12. The van der Waals surface area contributed by atoms with Crippen LogP contribution in [0.3, 0.4) is 0 Å². The molecule has 0 fully saturated rings. The van der Waals surface area contributed by atoms with Crippen LogP contribution in [0.15, 0.2) is 35.5 Å². The van der Waals surface area contributed by atoms with Gasteiger partial charge in [0.1, 0.15) is 5.82 Å². The molecule has 0 radical (unpaired) electrons. The molecule has 0 atom stereocenters. The second-order valence-corrected chi connectivity index (χ2v) is 5.97. The van der Waals surface area contributed by atoms with E-state index in [-0.39, 0.29) is 5.03 Å². The van der Waals surface area contributed by atoms with Crippen LogP contribution in [0.4, 0.5) is 4.39 Å². The van der Waals surface area contributed by atoms with Gasteiger partial charge in [0.15, 0.2) is 5.03 Å². The summed E-state index contributed by atoms with van der Waals surface area (Å²) in [5, 5.41) is 3.62. The highest BCUT2D eigenvalue weighted by Crippen LogP contribution is 2.20. The number of aromatic nitrogens is 2. The molecule has 0 aliphatic rings. The van der Waals surface area contributed by atoms with Crippen LogP contribution in [0.2, 0.25) is 0 Å². The lowest BCUT2D eigenvalue weighted by Gasteiger charge is -2.06. The van der Waals surface area contributed by atoms with Crippen molar-refractivity contribution in [3.05, 3.63) is 41.8 Å². The fraction of sp³-hybridized carbons (Fsp3) is 0.100. The van der Waals surface area contributed by atoms with Gasteiger partial charge in [-0.25, -0.2) is 17.5 Å². The molecule has 1 aromatic heterocycles. The van der Waals surface area contributed by atoms with E-state index in [1.54, 1.807) is 13.0 Å². The molecule has 0 saturated carbocycles. The smallest absolute Gasteiger partial charge is 0.221 e. The highest BCUT2D eigenvalue weighted by Gasteiger charge is 2.17. The van der Waals surface area contributed by atoms with Gasteiger partial charge >= 0.3 is 0 Å². The Balaban J connectivity index is 2.62. The van der Waals surface area contributed by atoms with Crippen molar-refractivity contribution in [2.45, 2.75) is 11.9 Å². The van der Waals surface area contributed by atoms with Crippen molar-refractivity contribution in [1.29, 1.82) is 0 Å². The van der Waals surface area contributed by atoms with Crippen molar-refractivity contribution in [3.63, 3.8) is 0 Å². The number of hydrogen-bond acceptors (Lipinski definition) is 3. The third kappa shape index (κ3) is 2.32. The van der Waals surface area contributed by atoms with Crippen LogP contribution in [0.5, 0.6) is 0 Å². The van der Waals surface area contributed by atoms with Crippen LogP contribution < -0.4 is 0 Å². The summed E-state index contributed by atoms with van der Waals surface area (Å²) in [5.74, 6) is -0.434. The molecule has 0 amide bonds. The van der Waals surface area contributed by atoms with Crippen LogP contribution in [0.25, 0.3) is 5.69 Å². The van der Waals surface area contributed by atoms with Gasteiger partial charge in [-0.05, 0) is 30.7 Å². The Morgan fingerprint density at radius 2 is 2.06 bits per heavy atom. The molecule has 0 N–H and O–H groups in total. The molecule has 0 aliphatic heterocycles. The molecule has 4 nitrogen and oxygen atoms in total. The molecule has 2 aromatic rings. The predicted molar refractivity (Wildman–Crippen MR) is 61.3 cm³/mol. The van der Waals surface area contributed by atoms with Crippen LogP contribution >= 0.6 is 10.7 Å². The van der Waals surface area contributed by atoms with Gasteiger partial charge in [-0.2, -0.15) is 5.10 Å². The summed E-state index contributed by atoms with van der Waals surface area (Å²) in [5.41, 5.74) is 0.772. The zero-order valence-corrected chi connectivity index (χ0v) is 10.3. The van der Waals surface area contributed by atoms with E-state index < -0.39 is 14.9 Å². The van der Waals surface area contributed by atoms with E-state index in [9.17, 15) is 12.8 Å². The molecule has 0 aliphatic carbocycles. The monoisotopic (exact) mass is 274 g/mol. The lowest BCUT2D eigenvalue weighted by atomic mass is 10.2. The first kappa shape index (κ1) is 12.1. The van der Waals surface area contributed by atoms with E-state index in [0.29, 0.717) is 11.3 Å². The second-order valence-electron chi connectivity index (χ2n) is 3.45.